The summed E-state index contributed by atoms with van der Waals surface area (Å²) in [6.07, 6.45) is 2.31. The lowest BCUT2D eigenvalue weighted by atomic mass is 9.96. The van der Waals surface area contributed by atoms with Crippen molar-refractivity contribution in [2.24, 2.45) is 5.92 Å². The van der Waals surface area contributed by atoms with Crippen LogP contribution in [0.2, 0.25) is 0 Å². The zero-order valence-electron chi connectivity index (χ0n) is 14.1. The smallest absolute Gasteiger partial charge is 0.315 e. The fraction of sp³-hybridized carbons (Fsp3) is 0.611. The van der Waals surface area contributed by atoms with Gasteiger partial charge < -0.3 is 10.6 Å². The van der Waals surface area contributed by atoms with Crippen molar-refractivity contribution < 1.29 is 4.79 Å². The van der Waals surface area contributed by atoms with Gasteiger partial charge in [-0.3, -0.25) is 4.90 Å². The van der Waals surface area contributed by atoms with Crippen molar-refractivity contribution in [1.29, 1.82) is 0 Å². The first-order chi connectivity index (χ1) is 10.4. The highest BCUT2D eigenvalue weighted by Gasteiger charge is 2.20. The van der Waals surface area contributed by atoms with Gasteiger partial charge in [0.25, 0.3) is 0 Å². The van der Waals surface area contributed by atoms with Crippen LogP contribution in [-0.4, -0.2) is 36.1 Å². The Morgan fingerprint density at radius 2 is 1.82 bits per heavy atom. The van der Waals surface area contributed by atoms with Crippen LogP contribution in [0.1, 0.15) is 39.2 Å². The maximum absolute atomic E-state index is 11.8. The highest BCUT2D eigenvalue weighted by molar-refractivity contribution is 5.74. The molecular formula is C18H29N3O. The van der Waals surface area contributed by atoms with Gasteiger partial charge in [0.2, 0.25) is 0 Å². The van der Waals surface area contributed by atoms with E-state index in [1.807, 2.05) is 20.8 Å². The average molecular weight is 303 g/mol. The number of benzene rings is 1. The summed E-state index contributed by atoms with van der Waals surface area (Å²) in [5.74, 6) is 0.595. The SMILES string of the molecule is CC(C)(C)NC(=O)NCC1CCN(Cc2ccccc2)CC1. The van der Waals surface area contributed by atoms with Crippen molar-refractivity contribution in [1.82, 2.24) is 15.5 Å². The summed E-state index contributed by atoms with van der Waals surface area (Å²) in [5, 5.41) is 5.94. The van der Waals surface area contributed by atoms with Crippen LogP contribution in [0.25, 0.3) is 0 Å². The quantitative estimate of drug-likeness (QED) is 0.898. The first kappa shape index (κ1) is 16.8. The van der Waals surface area contributed by atoms with E-state index in [4.69, 9.17) is 0 Å². The Labute approximate surface area is 134 Å². The van der Waals surface area contributed by atoms with E-state index in [1.54, 1.807) is 0 Å². The average Bonchev–Trinajstić information content (AvgIpc) is 2.46. The van der Waals surface area contributed by atoms with E-state index in [9.17, 15) is 4.79 Å². The van der Waals surface area contributed by atoms with Gasteiger partial charge in [-0.1, -0.05) is 30.3 Å². The molecule has 1 saturated heterocycles. The molecule has 0 aliphatic carbocycles. The van der Waals surface area contributed by atoms with E-state index in [1.165, 1.54) is 5.56 Å². The highest BCUT2D eigenvalue weighted by Crippen LogP contribution is 2.18. The number of nitrogens with one attached hydrogen (secondary N) is 2. The summed E-state index contributed by atoms with van der Waals surface area (Å²) in [6.45, 7) is 10.0. The second kappa shape index (κ2) is 7.63. The van der Waals surface area contributed by atoms with Gasteiger partial charge in [-0.2, -0.15) is 0 Å². The number of rotatable bonds is 4. The monoisotopic (exact) mass is 303 g/mol. The number of hydrogen-bond acceptors (Lipinski definition) is 2. The molecule has 0 radical (unpaired) electrons. The Balaban J connectivity index is 1.66. The number of piperidine rings is 1. The first-order valence-electron chi connectivity index (χ1n) is 8.25. The molecule has 122 valence electrons. The molecule has 1 heterocycles. The molecule has 4 nitrogen and oxygen atoms in total. The minimum atomic E-state index is -0.177. The Kier molecular flexibility index (Phi) is 5.83. The normalized spacial score (nSPS) is 17.2. The molecule has 1 aliphatic heterocycles. The van der Waals surface area contributed by atoms with Crippen LogP contribution in [0, 0.1) is 5.92 Å². The number of amides is 2. The lowest BCUT2D eigenvalue weighted by Gasteiger charge is -2.32. The molecule has 4 heteroatoms. The molecule has 0 aromatic heterocycles. The number of carbonyl (C=O) groups excluding carboxylic acids is 1. The minimum Gasteiger partial charge on any atom is -0.338 e. The van der Waals surface area contributed by atoms with Gasteiger partial charge in [0.1, 0.15) is 0 Å². The Bertz CT molecular complexity index is 459. The minimum absolute atomic E-state index is 0.0563. The maximum Gasteiger partial charge on any atom is 0.315 e. The molecule has 1 aromatic carbocycles. The van der Waals surface area contributed by atoms with Crippen molar-refractivity contribution in [3.63, 3.8) is 0 Å². The zero-order valence-corrected chi connectivity index (χ0v) is 14.1. The molecule has 0 bridgehead atoms. The first-order valence-corrected chi connectivity index (χ1v) is 8.25. The summed E-state index contributed by atoms with van der Waals surface area (Å²) >= 11 is 0. The van der Waals surface area contributed by atoms with Crippen LogP contribution in [0.5, 0.6) is 0 Å². The number of carbonyl (C=O) groups is 1. The second-order valence-corrected chi connectivity index (χ2v) is 7.29. The third-order valence-electron chi connectivity index (χ3n) is 4.00. The number of nitrogens with zero attached hydrogens (tertiary/aromatic N) is 1. The van der Waals surface area contributed by atoms with Crippen LogP contribution in [0.4, 0.5) is 4.79 Å². The van der Waals surface area contributed by atoms with Gasteiger partial charge >= 0.3 is 6.03 Å². The van der Waals surface area contributed by atoms with Crippen molar-refractivity contribution in [3.8, 4) is 0 Å². The van der Waals surface area contributed by atoms with Crippen molar-refractivity contribution >= 4 is 6.03 Å². The predicted octanol–water partition coefficient (Wildman–Crippen LogP) is 3.00. The van der Waals surface area contributed by atoms with E-state index in [-0.39, 0.29) is 11.6 Å². The van der Waals surface area contributed by atoms with Crippen LogP contribution in [-0.2, 0) is 6.54 Å². The molecule has 2 rings (SSSR count). The topological polar surface area (TPSA) is 44.4 Å². The molecule has 0 spiro atoms. The van der Waals surface area contributed by atoms with Crippen molar-refractivity contribution in [2.45, 2.75) is 45.7 Å². The maximum atomic E-state index is 11.8. The van der Waals surface area contributed by atoms with Crippen LogP contribution in [0.3, 0.4) is 0 Å². The van der Waals surface area contributed by atoms with Crippen LogP contribution in [0.15, 0.2) is 30.3 Å². The summed E-state index contributed by atoms with van der Waals surface area (Å²) in [6, 6.07) is 10.6. The Hall–Kier alpha value is -1.55. The molecule has 1 aromatic rings. The molecule has 0 unspecified atom stereocenters. The third kappa shape index (κ3) is 6.06. The Morgan fingerprint density at radius 3 is 2.41 bits per heavy atom. The van der Waals surface area contributed by atoms with Crippen LogP contribution < -0.4 is 10.6 Å². The molecule has 22 heavy (non-hydrogen) atoms. The van der Waals surface area contributed by atoms with E-state index >= 15 is 0 Å². The van der Waals surface area contributed by atoms with Crippen molar-refractivity contribution in [2.75, 3.05) is 19.6 Å². The van der Waals surface area contributed by atoms with E-state index < -0.39 is 0 Å². The zero-order chi connectivity index (χ0) is 16.0. The fourth-order valence-corrected chi connectivity index (χ4v) is 2.81. The molecular weight excluding hydrogens is 274 g/mol. The fourth-order valence-electron chi connectivity index (χ4n) is 2.81. The Morgan fingerprint density at radius 1 is 1.18 bits per heavy atom. The van der Waals surface area contributed by atoms with Crippen LogP contribution >= 0.6 is 0 Å². The molecule has 0 saturated carbocycles. The van der Waals surface area contributed by atoms with E-state index in [0.717, 1.165) is 39.0 Å². The number of likely N-dealkylation sites (tertiary alicyclic amines) is 1. The van der Waals surface area contributed by atoms with Gasteiger partial charge in [-0.25, -0.2) is 4.79 Å². The third-order valence-corrected chi connectivity index (χ3v) is 4.00. The van der Waals surface area contributed by atoms with Crippen molar-refractivity contribution in [3.05, 3.63) is 35.9 Å². The molecule has 1 aliphatic rings. The predicted molar refractivity (Wildman–Crippen MR) is 90.7 cm³/mol. The summed E-state index contributed by atoms with van der Waals surface area (Å²) in [5.41, 5.74) is 1.20. The van der Waals surface area contributed by atoms with Gasteiger partial charge in [0.05, 0.1) is 0 Å². The molecule has 1 fully saturated rings. The highest BCUT2D eigenvalue weighted by atomic mass is 16.2. The number of urea groups is 1. The van der Waals surface area contributed by atoms with E-state index in [0.29, 0.717) is 5.92 Å². The molecule has 2 N–H and O–H groups in total. The van der Waals surface area contributed by atoms with Gasteiger partial charge in [-0.15, -0.1) is 0 Å². The number of hydrogen-bond donors (Lipinski definition) is 2. The van der Waals surface area contributed by atoms with E-state index in [2.05, 4.69) is 45.9 Å². The lowest BCUT2D eigenvalue weighted by molar-refractivity contribution is 0.174. The standard InChI is InChI=1S/C18H29N3O/c1-18(2,3)20-17(22)19-13-15-9-11-21(12-10-15)14-16-7-5-4-6-8-16/h4-8,15H,9-14H2,1-3H3,(H2,19,20,22). The van der Waals surface area contributed by atoms with Gasteiger partial charge in [0, 0.05) is 18.6 Å². The molecule has 0 atom stereocenters. The van der Waals surface area contributed by atoms with Gasteiger partial charge in [-0.05, 0) is 58.2 Å². The lowest BCUT2D eigenvalue weighted by Crippen LogP contribution is -2.48. The molecule has 2 amide bonds. The largest absolute Gasteiger partial charge is 0.338 e. The second-order valence-electron chi connectivity index (χ2n) is 7.29. The summed E-state index contributed by atoms with van der Waals surface area (Å²) in [4.78, 5) is 14.3. The summed E-state index contributed by atoms with van der Waals surface area (Å²) in [7, 11) is 0. The summed E-state index contributed by atoms with van der Waals surface area (Å²) < 4.78 is 0. The van der Waals surface area contributed by atoms with Gasteiger partial charge in [0.15, 0.2) is 0 Å².